The minimum Gasteiger partial charge on any atom is -0.449 e. The van der Waals surface area contributed by atoms with Gasteiger partial charge in [-0.2, -0.15) is 0 Å². The van der Waals surface area contributed by atoms with Gasteiger partial charge in [-0.3, -0.25) is 4.79 Å². The Kier molecular flexibility index (Phi) is 6.05. The molecular weight excluding hydrogens is 365 g/mol. The van der Waals surface area contributed by atoms with Gasteiger partial charge >= 0.3 is 5.97 Å². The van der Waals surface area contributed by atoms with E-state index in [0.29, 0.717) is 24.2 Å². The molecule has 1 aromatic heterocycles. The van der Waals surface area contributed by atoms with Crippen molar-refractivity contribution in [3.8, 4) is 5.69 Å². The Balaban J connectivity index is 1.47. The highest BCUT2D eigenvalue weighted by atomic mass is 19.1. The quantitative estimate of drug-likeness (QED) is 0.624. The monoisotopic (exact) mass is 383 g/mol. The Bertz CT molecular complexity index is 927. The van der Waals surface area contributed by atoms with Crippen LogP contribution in [0.5, 0.6) is 0 Å². The summed E-state index contributed by atoms with van der Waals surface area (Å²) in [5.41, 5.74) is 1.89. The molecule has 0 radical (unpaired) electrons. The molecule has 9 heteroatoms. The lowest BCUT2D eigenvalue weighted by Crippen LogP contribution is -2.36. The van der Waals surface area contributed by atoms with Crippen molar-refractivity contribution in [1.82, 2.24) is 25.5 Å². The van der Waals surface area contributed by atoms with Crippen LogP contribution in [0.25, 0.3) is 5.69 Å². The molecule has 1 atom stereocenters. The number of nitrogens with one attached hydrogen (secondary N) is 1. The number of aromatic nitrogens is 4. The summed E-state index contributed by atoms with van der Waals surface area (Å²) >= 11 is 0. The van der Waals surface area contributed by atoms with Gasteiger partial charge < -0.3 is 10.1 Å². The lowest BCUT2D eigenvalue weighted by molar-refractivity contribution is -0.129. The van der Waals surface area contributed by atoms with Crippen LogP contribution in [0, 0.1) is 5.82 Å². The van der Waals surface area contributed by atoms with E-state index in [9.17, 15) is 14.0 Å². The largest absolute Gasteiger partial charge is 0.449 e. The van der Waals surface area contributed by atoms with Crippen LogP contribution in [0.3, 0.4) is 0 Å². The third-order valence-corrected chi connectivity index (χ3v) is 4.00. The van der Waals surface area contributed by atoms with Crippen molar-refractivity contribution in [2.24, 2.45) is 0 Å². The van der Waals surface area contributed by atoms with Gasteiger partial charge in [-0.15, -0.1) is 5.10 Å². The zero-order valence-electron chi connectivity index (χ0n) is 15.1. The molecule has 0 aliphatic carbocycles. The Morgan fingerprint density at radius 1 is 1.14 bits per heavy atom. The minimum absolute atomic E-state index is 0.306. The lowest BCUT2D eigenvalue weighted by Gasteiger charge is -2.13. The summed E-state index contributed by atoms with van der Waals surface area (Å²) in [6, 6.07) is 12.5. The zero-order valence-corrected chi connectivity index (χ0v) is 15.1. The first kappa shape index (κ1) is 19.2. The first-order valence-electron chi connectivity index (χ1n) is 8.59. The molecule has 0 bridgehead atoms. The topological polar surface area (TPSA) is 99.0 Å². The number of carbonyl (C=O) groups is 2. The average molecular weight is 383 g/mol. The van der Waals surface area contributed by atoms with Crippen molar-refractivity contribution in [3.63, 3.8) is 0 Å². The summed E-state index contributed by atoms with van der Waals surface area (Å²) in [5.74, 6) is -1.32. The first-order valence-corrected chi connectivity index (χ1v) is 8.59. The van der Waals surface area contributed by atoms with Gasteiger partial charge in [-0.05, 0) is 65.7 Å². The highest BCUT2D eigenvalue weighted by Crippen LogP contribution is 2.10. The van der Waals surface area contributed by atoms with Crippen molar-refractivity contribution in [2.45, 2.75) is 19.4 Å². The number of hydrogen-bond donors (Lipinski definition) is 1. The summed E-state index contributed by atoms with van der Waals surface area (Å²) in [6.45, 7) is 1.85. The number of tetrazole rings is 1. The van der Waals surface area contributed by atoms with Crippen LogP contribution in [-0.2, 0) is 16.0 Å². The Labute approximate surface area is 160 Å². The number of ether oxygens (including phenoxy) is 1. The molecule has 144 valence electrons. The lowest BCUT2D eigenvalue weighted by atomic mass is 10.1. The third-order valence-electron chi connectivity index (χ3n) is 4.00. The molecule has 0 saturated heterocycles. The molecule has 0 aliphatic heterocycles. The highest BCUT2D eigenvalue weighted by molar-refractivity contribution is 5.92. The maximum Gasteiger partial charge on any atom is 0.338 e. The van der Waals surface area contributed by atoms with Crippen molar-refractivity contribution >= 4 is 11.9 Å². The molecule has 0 spiro atoms. The van der Waals surface area contributed by atoms with Gasteiger partial charge in [0.05, 0.1) is 11.3 Å². The van der Waals surface area contributed by atoms with Crippen LogP contribution in [0.4, 0.5) is 4.39 Å². The van der Waals surface area contributed by atoms with Gasteiger partial charge in [-0.1, -0.05) is 12.1 Å². The van der Waals surface area contributed by atoms with E-state index in [2.05, 4.69) is 20.8 Å². The summed E-state index contributed by atoms with van der Waals surface area (Å²) in [5, 5.41) is 13.5. The number of hydrogen-bond acceptors (Lipinski definition) is 6. The second-order valence-electron chi connectivity index (χ2n) is 6.02. The fourth-order valence-electron chi connectivity index (χ4n) is 2.44. The molecule has 28 heavy (non-hydrogen) atoms. The second kappa shape index (κ2) is 8.85. The van der Waals surface area contributed by atoms with Crippen molar-refractivity contribution < 1.29 is 18.7 Å². The van der Waals surface area contributed by atoms with E-state index in [0.717, 1.165) is 5.56 Å². The number of halogens is 1. The van der Waals surface area contributed by atoms with Crippen LogP contribution in [0.2, 0.25) is 0 Å². The van der Waals surface area contributed by atoms with Gasteiger partial charge in [0.2, 0.25) is 0 Å². The van der Waals surface area contributed by atoms with Gasteiger partial charge in [0.1, 0.15) is 12.1 Å². The number of amides is 1. The number of carbonyl (C=O) groups excluding carboxylic acids is 2. The zero-order chi connectivity index (χ0) is 19.9. The van der Waals surface area contributed by atoms with Gasteiger partial charge in [0, 0.05) is 6.54 Å². The minimum atomic E-state index is -0.945. The number of rotatable bonds is 7. The smallest absolute Gasteiger partial charge is 0.338 e. The summed E-state index contributed by atoms with van der Waals surface area (Å²) in [7, 11) is 0. The third kappa shape index (κ3) is 4.97. The highest BCUT2D eigenvalue weighted by Gasteiger charge is 2.18. The van der Waals surface area contributed by atoms with Crippen LogP contribution in [-0.4, -0.2) is 44.7 Å². The summed E-state index contributed by atoms with van der Waals surface area (Å²) in [4.78, 5) is 24.3. The number of esters is 1. The first-order chi connectivity index (χ1) is 13.5. The molecule has 8 nitrogen and oxygen atoms in total. The number of benzene rings is 2. The van der Waals surface area contributed by atoms with Crippen LogP contribution >= 0.6 is 0 Å². The normalized spacial score (nSPS) is 11.6. The molecule has 1 amide bonds. The van der Waals surface area contributed by atoms with E-state index in [1.165, 1.54) is 30.1 Å². The maximum absolute atomic E-state index is 12.9. The van der Waals surface area contributed by atoms with Gasteiger partial charge in [0.15, 0.2) is 6.10 Å². The summed E-state index contributed by atoms with van der Waals surface area (Å²) < 4.78 is 19.5. The van der Waals surface area contributed by atoms with Gasteiger partial charge in [-0.25, -0.2) is 13.9 Å². The predicted molar refractivity (Wildman–Crippen MR) is 97.1 cm³/mol. The molecule has 0 unspecified atom stereocenters. The fourth-order valence-corrected chi connectivity index (χ4v) is 2.44. The Hall–Kier alpha value is -3.62. The number of nitrogens with zero attached hydrogens (tertiary/aromatic N) is 4. The molecule has 0 saturated carbocycles. The van der Waals surface area contributed by atoms with E-state index in [-0.39, 0.29) is 5.82 Å². The molecule has 0 aliphatic rings. The molecule has 2 aromatic carbocycles. The SMILES string of the molecule is C[C@H](OC(=O)c1ccc(-n2cnnn2)cc1)C(=O)NCCc1ccc(F)cc1. The second-order valence-corrected chi connectivity index (χ2v) is 6.02. The van der Waals surface area contributed by atoms with Crippen LogP contribution in [0.1, 0.15) is 22.8 Å². The van der Waals surface area contributed by atoms with Crippen molar-refractivity contribution in [3.05, 3.63) is 71.8 Å². The molecule has 1 N–H and O–H groups in total. The average Bonchev–Trinajstić information content (AvgIpc) is 3.24. The van der Waals surface area contributed by atoms with Crippen molar-refractivity contribution in [2.75, 3.05) is 6.54 Å². The van der Waals surface area contributed by atoms with E-state index >= 15 is 0 Å². The van der Waals surface area contributed by atoms with Crippen molar-refractivity contribution in [1.29, 1.82) is 0 Å². The molecule has 3 rings (SSSR count). The Morgan fingerprint density at radius 2 is 1.86 bits per heavy atom. The van der Waals surface area contributed by atoms with E-state index in [1.807, 2.05) is 0 Å². The van der Waals surface area contributed by atoms with E-state index in [1.54, 1.807) is 36.4 Å². The molecule has 1 heterocycles. The van der Waals surface area contributed by atoms with Crippen LogP contribution in [0.15, 0.2) is 54.9 Å². The molecular formula is C19H18FN5O3. The fraction of sp³-hybridized carbons (Fsp3) is 0.211. The maximum atomic E-state index is 12.9. The van der Waals surface area contributed by atoms with Crippen LogP contribution < -0.4 is 5.32 Å². The predicted octanol–water partition coefficient (Wildman–Crippen LogP) is 1.71. The van der Waals surface area contributed by atoms with E-state index < -0.39 is 18.0 Å². The molecule has 0 fully saturated rings. The standard InChI is InChI=1S/C19H18FN5O3/c1-13(18(26)21-11-10-14-2-6-16(20)7-3-14)28-19(27)15-4-8-17(9-5-15)25-12-22-23-24-25/h2-9,12-13H,10-11H2,1H3,(H,21,26)/t13-/m0/s1. The van der Waals surface area contributed by atoms with E-state index in [4.69, 9.17) is 4.74 Å². The summed E-state index contributed by atoms with van der Waals surface area (Å²) in [6.07, 6.45) is 1.04. The van der Waals surface area contributed by atoms with Gasteiger partial charge in [0.25, 0.3) is 5.91 Å². The Morgan fingerprint density at radius 3 is 2.50 bits per heavy atom. The molecule has 3 aromatic rings.